The van der Waals surface area contributed by atoms with Crippen molar-refractivity contribution >= 4 is 11.6 Å². The number of likely N-dealkylation sites (tertiary alicyclic amines) is 1. The van der Waals surface area contributed by atoms with E-state index in [1.54, 1.807) is 29.2 Å². The Hall–Kier alpha value is -1.58. The van der Waals surface area contributed by atoms with Crippen LogP contribution in [0.2, 0.25) is 0 Å². The van der Waals surface area contributed by atoms with Gasteiger partial charge in [-0.25, -0.2) is 4.39 Å². The summed E-state index contributed by atoms with van der Waals surface area (Å²) in [6, 6.07) is 6.83. The van der Waals surface area contributed by atoms with E-state index in [-0.39, 0.29) is 24.9 Å². The first-order valence-corrected chi connectivity index (χ1v) is 5.92. The van der Waals surface area contributed by atoms with E-state index in [0.29, 0.717) is 11.3 Å². The molecular formula is C13H15FN2O. The number of amides is 1. The number of nitrogens with two attached hydrogens (primary N) is 1. The lowest BCUT2D eigenvalue weighted by atomic mass is 9.90. The number of hydrogen-bond acceptors (Lipinski definition) is 2. The second-order valence-corrected chi connectivity index (χ2v) is 5.10. The number of nitrogen functional groups attached to an aromatic ring is 1. The number of nitrogens with zero attached hydrogens (tertiary/aromatic N) is 1. The Morgan fingerprint density at radius 3 is 2.71 bits per heavy atom. The van der Waals surface area contributed by atoms with Crippen molar-refractivity contribution < 1.29 is 9.18 Å². The molecule has 1 aromatic rings. The Labute approximate surface area is 99.4 Å². The van der Waals surface area contributed by atoms with Crippen molar-refractivity contribution in [2.45, 2.75) is 18.5 Å². The zero-order valence-electron chi connectivity index (χ0n) is 9.53. The summed E-state index contributed by atoms with van der Waals surface area (Å²) in [5.74, 6) is 0.0682. The SMILES string of the molecule is Nc1cccc(C(=O)N2CC(F)(C3CC3)C2)c1. The summed E-state index contributed by atoms with van der Waals surface area (Å²) in [6.07, 6.45) is 1.94. The summed E-state index contributed by atoms with van der Waals surface area (Å²) in [5, 5.41) is 0. The lowest BCUT2D eigenvalue weighted by Gasteiger charge is -2.44. The first-order chi connectivity index (χ1) is 8.08. The van der Waals surface area contributed by atoms with Crippen LogP contribution in [0.4, 0.5) is 10.1 Å². The van der Waals surface area contributed by atoms with Crippen LogP contribution >= 0.6 is 0 Å². The van der Waals surface area contributed by atoms with Crippen LogP contribution in [0.5, 0.6) is 0 Å². The number of carbonyl (C=O) groups is 1. The summed E-state index contributed by atoms with van der Waals surface area (Å²) in [6.45, 7) is 0.483. The fraction of sp³-hybridized carbons (Fsp3) is 0.462. The Morgan fingerprint density at radius 1 is 1.41 bits per heavy atom. The first kappa shape index (κ1) is 10.6. The van der Waals surface area contributed by atoms with Gasteiger partial charge in [0.2, 0.25) is 0 Å². The maximum absolute atomic E-state index is 14.1. The molecule has 4 heteroatoms. The van der Waals surface area contributed by atoms with Gasteiger partial charge in [-0.05, 0) is 37.0 Å². The van der Waals surface area contributed by atoms with Gasteiger partial charge in [0.1, 0.15) is 5.67 Å². The number of hydrogen-bond donors (Lipinski definition) is 1. The van der Waals surface area contributed by atoms with E-state index in [2.05, 4.69) is 0 Å². The molecule has 1 saturated heterocycles. The minimum absolute atomic E-state index is 0.119. The van der Waals surface area contributed by atoms with E-state index >= 15 is 0 Å². The molecule has 2 aliphatic rings. The topological polar surface area (TPSA) is 46.3 Å². The van der Waals surface area contributed by atoms with Gasteiger partial charge in [-0.1, -0.05) is 6.07 Å². The smallest absolute Gasteiger partial charge is 0.254 e. The monoisotopic (exact) mass is 234 g/mol. The quantitative estimate of drug-likeness (QED) is 0.794. The van der Waals surface area contributed by atoms with Gasteiger partial charge < -0.3 is 10.6 Å². The third kappa shape index (κ3) is 1.77. The van der Waals surface area contributed by atoms with E-state index < -0.39 is 5.67 Å². The minimum atomic E-state index is -1.12. The molecule has 1 aliphatic carbocycles. The number of alkyl halides is 1. The van der Waals surface area contributed by atoms with Crippen molar-refractivity contribution in [2.24, 2.45) is 5.92 Å². The Balaban J connectivity index is 1.69. The second-order valence-electron chi connectivity index (χ2n) is 5.10. The van der Waals surface area contributed by atoms with E-state index in [1.165, 1.54) is 0 Å². The maximum atomic E-state index is 14.1. The largest absolute Gasteiger partial charge is 0.399 e. The average Bonchev–Trinajstić information content (AvgIpc) is 3.08. The fourth-order valence-corrected chi connectivity index (χ4v) is 2.45. The van der Waals surface area contributed by atoms with Crippen LogP contribution in [0.3, 0.4) is 0 Å². The fourth-order valence-electron chi connectivity index (χ4n) is 2.45. The molecule has 2 N–H and O–H groups in total. The Bertz CT molecular complexity index is 464. The van der Waals surface area contributed by atoms with Gasteiger partial charge in [0, 0.05) is 11.3 Å². The van der Waals surface area contributed by atoms with Gasteiger partial charge in [-0.2, -0.15) is 0 Å². The van der Waals surface area contributed by atoms with Gasteiger partial charge >= 0.3 is 0 Å². The molecular weight excluding hydrogens is 219 g/mol. The van der Waals surface area contributed by atoms with Crippen LogP contribution in [0.15, 0.2) is 24.3 Å². The number of halogens is 1. The van der Waals surface area contributed by atoms with Gasteiger partial charge in [0.15, 0.2) is 0 Å². The molecule has 2 fully saturated rings. The molecule has 1 aliphatic heterocycles. The maximum Gasteiger partial charge on any atom is 0.254 e. The van der Waals surface area contributed by atoms with Crippen molar-refractivity contribution in [3.8, 4) is 0 Å². The predicted octanol–water partition coefficient (Wildman–Crippen LogP) is 1.84. The minimum Gasteiger partial charge on any atom is -0.399 e. The molecule has 0 unspecified atom stereocenters. The summed E-state index contributed by atoms with van der Waals surface area (Å²) < 4.78 is 14.1. The van der Waals surface area contributed by atoms with E-state index in [9.17, 15) is 9.18 Å². The molecule has 1 aromatic carbocycles. The van der Waals surface area contributed by atoms with E-state index in [1.807, 2.05) is 0 Å². The zero-order chi connectivity index (χ0) is 12.0. The van der Waals surface area contributed by atoms with Gasteiger partial charge in [0.05, 0.1) is 13.1 Å². The summed E-state index contributed by atoms with van der Waals surface area (Å²) in [7, 11) is 0. The highest BCUT2D eigenvalue weighted by Crippen LogP contribution is 2.47. The lowest BCUT2D eigenvalue weighted by molar-refractivity contribution is -0.0337. The standard InChI is InChI=1S/C13H15FN2O/c14-13(10-4-5-10)7-16(8-13)12(17)9-2-1-3-11(15)6-9/h1-3,6,10H,4-5,7-8,15H2. The molecule has 1 saturated carbocycles. The third-order valence-electron chi connectivity index (χ3n) is 3.64. The Kier molecular flexibility index (Phi) is 2.15. The molecule has 0 radical (unpaired) electrons. The van der Waals surface area contributed by atoms with Crippen molar-refractivity contribution in [2.75, 3.05) is 18.8 Å². The van der Waals surface area contributed by atoms with Crippen molar-refractivity contribution in [3.63, 3.8) is 0 Å². The number of anilines is 1. The van der Waals surface area contributed by atoms with Crippen molar-refractivity contribution in [3.05, 3.63) is 29.8 Å². The summed E-state index contributed by atoms with van der Waals surface area (Å²) >= 11 is 0. The highest BCUT2D eigenvalue weighted by atomic mass is 19.1. The molecule has 3 nitrogen and oxygen atoms in total. The molecule has 0 bridgehead atoms. The molecule has 17 heavy (non-hydrogen) atoms. The lowest BCUT2D eigenvalue weighted by Crippen LogP contribution is -2.62. The summed E-state index contributed by atoms with van der Waals surface area (Å²) in [4.78, 5) is 13.6. The third-order valence-corrected chi connectivity index (χ3v) is 3.64. The van der Waals surface area contributed by atoms with E-state index in [0.717, 1.165) is 12.8 Å². The van der Waals surface area contributed by atoms with Crippen LogP contribution in [-0.2, 0) is 0 Å². The van der Waals surface area contributed by atoms with Crippen LogP contribution < -0.4 is 5.73 Å². The predicted molar refractivity (Wildman–Crippen MR) is 63.3 cm³/mol. The van der Waals surface area contributed by atoms with Crippen molar-refractivity contribution in [1.29, 1.82) is 0 Å². The van der Waals surface area contributed by atoms with Crippen LogP contribution in [-0.4, -0.2) is 29.6 Å². The van der Waals surface area contributed by atoms with Crippen LogP contribution in [0, 0.1) is 5.92 Å². The average molecular weight is 234 g/mol. The van der Waals surface area contributed by atoms with Crippen LogP contribution in [0.25, 0.3) is 0 Å². The molecule has 0 aromatic heterocycles. The molecule has 90 valence electrons. The van der Waals surface area contributed by atoms with E-state index in [4.69, 9.17) is 5.73 Å². The number of benzene rings is 1. The summed E-state index contributed by atoms with van der Waals surface area (Å²) in [5.41, 5.74) is 5.61. The molecule has 1 amide bonds. The second kappa shape index (κ2) is 3.45. The van der Waals surface area contributed by atoms with Crippen molar-refractivity contribution in [1.82, 2.24) is 4.90 Å². The molecule has 0 spiro atoms. The first-order valence-electron chi connectivity index (χ1n) is 5.92. The Morgan fingerprint density at radius 2 is 2.12 bits per heavy atom. The normalized spacial score (nSPS) is 22.1. The van der Waals surface area contributed by atoms with Gasteiger partial charge in [0.25, 0.3) is 5.91 Å². The molecule has 0 atom stereocenters. The van der Waals surface area contributed by atoms with Gasteiger partial charge in [-0.15, -0.1) is 0 Å². The number of rotatable bonds is 2. The zero-order valence-corrected chi connectivity index (χ0v) is 9.53. The highest BCUT2D eigenvalue weighted by Gasteiger charge is 2.55. The highest BCUT2D eigenvalue weighted by molar-refractivity contribution is 5.95. The molecule has 3 rings (SSSR count). The molecule has 1 heterocycles. The number of carbonyl (C=O) groups excluding carboxylic acids is 1. The van der Waals surface area contributed by atoms with Crippen LogP contribution in [0.1, 0.15) is 23.2 Å². The van der Waals surface area contributed by atoms with Gasteiger partial charge in [-0.3, -0.25) is 4.79 Å².